The SMILES string of the molecule is COC(=O)c1c(-c2ccccc2C(F)(F)F)ccn1C(C)C. The van der Waals surface area contributed by atoms with E-state index in [1.54, 1.807) is 10.8 Å². The lowest BCUT2D eigenvalue weighted by Gasteiger charge is -2.15. The molecule has 0 spiro atoms. The molecule has 1 heterocycles. The van der Waals surface area contributed by atoms with Crippen molar-refractivity contribution >= 4 is 5.97 Å². The summed E-state index contributed by atoms with van der Waals surface area (Å²) >= 11 is 0. The predicted octanol–water partition coefficient (Wildman–Crippen LogP) is 4.54. The average Bonchev–Trinajstić information content (AvgIpc) is 2.90. The number of aromatic nitrogens is 1. The van der Waals surface area contributed by atoms with Gasteiger partial charge in [-0.05, 0) is 31.5 Å². The molecule has 0 radical (unpaired) electrons. The fraction of sp³-hybridized carbons (Fsp3) is 0.312. The van der Waals surface area contributed by atoms with Gasteiger partial charge >= 0.3 is 12.1 Å². The van der Waals surface area contributed by atoms with E-state index in [1.807, 2.05) is 13.8 Å². The normalized spacial score (nSPS) is 11.8. The molecule has 22 heavy (non-hydrogen) atoms. The summed E-state index contributed by atoms with van der Waals surface area (Å²) in [6, 6.07) is 6.62. The summed E-state index contributed by atoms with van der Waals surface area (Å²) in [5, 5.41) is 0. The summed E-state index contributed by atoms with van der Waals surface area (Å²) in [7, 11) is 1.21. The molecule has 2 aromatic rings. The van der Waals surface area contributed by atoms with E-state index in [0.717, 1.165) is 6.07 Å². The molecule has 0 amide bonds. The molecule has 2 rings (SSSR count). The van der Waals surface area contributed by atoms with E-state index in [1.165, 1.54) is 31.4 Å². The standard InChI is InChI=1S/C16H16F3NO2/c1-10(2)20-9-8-12(14(20)15(21)22-3)11-6-4-5-7-13(11)16(17,18)19/h4-10H,1-3H3. The Morgan fingerprint density at radius 1 is 1.14 bits per heavy atom. The maximum absolute atomic E-state index is 13.2. The van der Waals surface area contributed by atoms with Gasteiger partial charge in [-0.25, -0.2) is 4.79 Å². The minimum absolute atomic E-state index is 0.0326. The van der Waals surface area contributed by atoms with Gasteiger partial charge in [0.1, 0.15) is 5.69 Å². The van der Waals surface area contributed by atoms with Crippen molar-refractivity contribution in [3.63, 3.8) is 0 Å². The maximum atomic E-state index is 13.2. The number of carbonyl (C=O) groups excluding carboxylic acids is 1. The molecule has 0 saturated heterocycles. The lowest BCUT2D eigenvalue weighted by atomic mass is 9.99. The zero-order valence-electron chi connectivity index (χ0n) is 12.4. The Bertz CT molecular complexity index is 687. The number of methoxy groups -OCH3 is 1. The minimum Gasteiger partial charge on any atom is -0.464 e. The van der Waals surface area contributed by atoms with Crippen LogP contribution in [0, 0.1) is 0 Å². The highest BCUT2D eigenvalue weighted by Crippen LogP contribution is 2.39. The molecule has 0 atom stereocenters. The molecule has 0 aliphatic heterocycles. The van der Waals surface area contributed by atoms with Crippen LogP contribution >= 0.6 is 0 Å². The number of benzene rings is 1. The van der Waals surface area contributed by atoms with E-state index in [2.05, 4.69) is 0 Å². The molecule has 0 saturated carbocycles. The van der Waals surface area contributed by atoms with Crippen molar-refractivity contribution in [3.05, 3.63) is 47.8 Å². The maximum Gasteiger partial charge on any atom is 0.417 e. The van der Waals surface area contributed by atoms with E-state index in [-0.39, 0.29) is 22.9 Å². The third-order valence-corrected chi connectivity index (χ3v) is 3.37. The van der Waals surface area contributed by atoms with Gasteiger partial charge in [-0.1, -0.05) is 18.2 Å². The summed E-state index contributed by atoms with van der Waals surface area (Å²) in [5.41, 5.74) is -0.473. The van der Waals surface area contributed by atoms with Crippen LogP contribution in [0.4, 0.5) is 13.2 Å². The van der Waals surface area contributed by atoms with Crippen LogP contribution in [-0.4, -0.2) is 17.6 Å². The Morgan fingerprint density at radius 2 is 1.77 bits per heavy atom. The number of nitrogens with zero attached hydrogens (tertiary/aromatic N) is 1. The number of halogens is 3. The monoisotopic (exact) mass is 311 g/mol. The first-order valence-corrected chi connectivity index (χ1v) is 6.73. The van der Waals surface area contributed by atoms with Gasteiger partial charge in [-0.15, -0.1) is 0 Å². The number of carbonyl (C=O) groups is 1. The van der Waals surface area contributed by atoms with E-state index >= 15 is 0 Å². The number of hydrogen-bond acceptors (Lipinski definition) is 2. The molecule has 0 fully saturated rings. The van der Waals surface area contributed by atoms with Crippen LogP contribution < -0.4 is 0 Å². The molecule has 118 valence electrons. The summed E-state index contributed by atoms with van der Waals surface area (Å²) in [5.74, 6) is -0.661. The molecule has 0 N–H and O–H groups in total. The van der Waals surface area contributed by atoms with E-state index in [0.29, 0.717) is 0 Å². The lowest BCUT2D eigenvalue weighted by Crippen LogP contribution is -2.14. The molecule has 0 aliphatic rings. The van der Waals surface area contributed by atoms with E-state index < -0.39 is 17.7 Å². The highest BCUT2D eigenvalue weighted by atomic mass is 19.4. The van der Waals surface area contributed by atoms with Gasteiger partial charge in [-0.3, -0.25) is 0 Å². The number of hydrogen-bond donors (Lipinski definition) is 0. The van der Waals surface area contributed by atoms with Gasteiger partial charge in [0, 0.05) is 17.8 Å². The third kappa shape index (κ3) is 2.86. The van der Waals surface area contributed by atoms with Crippen LogP contribution in [0.25, 0.3) is 11.1 Å². The number of ether oxygens (including phenoxy) is 1. The lowest BCUT2D eigenvalue weighted by molar-refractivity contribution is -0.137. The second kappa shape index (κ2) is 5.87. The van der Waals surface area contributed by atoms with Gasteiger partial charge in [0.05, 0.1) is 12.7 Å². The van der Waals surface area contributed by atoms with Gasteiger partial charge < -0.3 is 9.30 Å². The van der Waals surface area contributed by atoms with Crippen molar-refractivity contribution in [1.29, 1.82) is 0 Å². The van der Waals surface area contributed by atoms with Crippen molar-refractivity contribution in [3.8, 4) is 11.1 Å². The van der Waals surface area contributed by atoms with Crippen LogP contribution in [0.1, 0.15) is 35.9 Å². The number of alkyl halides is 3. The first-order chi connectivity index (χ1) is 10.3. The molecule has 0 aliphatic carbocycles. The Labute approximate surface area is 126 Å². The smallest absolute Gasteiger partial charge is 0.417 e. The van der Waals surface area contributed by atoms with Gasteiger partial charge in [0.15, 0.2) is 0 Å². The predicted molar refractivity (Wildman–Crippen MR) is 76.6 cm³/mol. The van der Waals surface area contributed by atoms with Crippen molar-refractivity contribution in [2.45, 2.75) is 26.1 Å². The van der Waals surface area contributed by atoms with Crippen LogP contribution in [-0.2, 0) is 10.9 Å². The fourth-order valence-corrected chi connectivity index (χ4v) is 2.37. The Kier molecular flexibility index (Phi) is 4.30. The molecule has 6 heteroatoms. The number of esters is 1. The molecule has 3 nitrogen and oxygen atoms in total. The van der Waals surface area contributed by atoms with Crippen molar-refractivity contribution in [2.24, 2.45) is 0 Å². The largest absolute Gasteiger partial charge is 0.464 e. The molecule has 0 unspecified atom stereocenters. The highest BCUT2D eigenvalue weighted by molar-refractivity contribution is 5.96. The third-order valence-electron chi connectivity index (χ3n) is 3.37. The van der Waals surface area contributed by atoms with Crippen LogP contribution in [0.5, 0.6) is 0 Å². The molecular formula is C16H16F3NO2. The highest BCUT2D eigenvalue weighted by Gasteiger charge is 2.35. The fourth-order valence-electron chi connectivity index (χ4n) is 2.37. The Morgan fingerprint density at radius 3 is 2.32 bits per heavy atom. The van der Waals surface area contributed by atoms with Gasteiger partial charge in [0.2, 0.25) is 0 Å². The van der Waals surface area contributed by atoms with Crippen LogP contribution in [0.2, 0.25) is 0 Å². The topological polar surface area (TPSA) is 31.2 Å². The molecule has 0 bridgehead atoms. The number of rotatable bonds is 3. The Hall–Kier alpha value is -2.24. The quantitative estimate of drug-likeness (QED) is 0.779. The zero-order valence-corrected chi connectivity index (χ0v) is 12.4. The summed E-state index contributed by atoms with van der Waals surface area (Å²) in [4.78, 5) is 12.0. The van der Waals surface area contributed by atoms with Gasteiger partial charge in [-0.2, -0.15) is 13.2 Å². The minimum atomic E-state index is -4.50. The first-order valence-electron chi connectivity index (χ1n) is 6.73. The van der Waals surface area contributed by atoms with Crippen LogP contribution in [0.3, 0.4) is 0 Å². The summed E-state index contributed by atoms with van der Waals surface area (Å²) in [6.45, 7) is 3.68. The summed E-state index contributed by atoms with van der Waals surface area (Å²) in [6.07, 6.45) is -2.90. The zero-order chi connectivity index (χ0) is 16.5. The molecule has 1 aromatic carbocycles. The second-order valence-corrected chi connectivity index (χ2v) is 5.11. The first kappa shape index (κ1) is 16.1. The second-order valence-electron chi connectivity index (χ2n) is 5.11. The summed E-state index contributed by atoms with van der Waals surface area (Å²) < 4.78 is 45.9. The van der Waals surface area contributed by atoms with Crippen LogP contribution in [0.15, 0.2) is 36.5 Å². The van der Waals surface area contributed by atoms with E-state index in [4.69, 9.17) is 4.74 Å². The van der Waals surface area contributed by atoms with Crippen molar-refractivity contribution in [2.75, 3.05) is 7.11 Å². The van der Waals surface area contributed by atoms with Gasteiger partial charge in [0.25, 0.3) is 0 Å². The van der Waals surface area contributed by atoms with E-state index in [9.17, 15) is 18.0 Å². The average molecular weight is 311 g/mol. The Balaban J connectivity index is 2.72. The molecule has 1 aromatic heterocycles. The van der Waals surface area contributed by atoms with Crippen molar-refractivity contribution < 1.29 is 22.7 Å². The van der Waals surface area contributed by atoms with Crippen molar-refractivity contribution in [1.82, 2.24) is 4.57 Å². The molecular weight excluding hydrogens is 295 g/mol.